The van der Waals surface area contributed by atoms with Gasteiger partial charge < -0.3 is 10.1 Å². The Morgan fingerprint density at radius 2 is 1.69 bits per heavy atom. The smallest absolute Gasteiger partial charge is 0.339 e. The molecule has 0 aromatic heterocycles. The molecule has 2 N–H and O–H groups in total. The van der Waals surface area contributed by atoms with E-state index in [2.05, 4.69) is 40.1 Å². The third-order valence-corrected chi connectivity index (χ3v) is 4.37. The van der Waals surface area contributed by atoms with Crippen LogP contribution in [0.25, 0.3) is 0 Å². The molecule has 2 amide bonds. The minimum Gasteiger partial charge on any atom is -0.494 e. The van der Waals surface area contributed by atoms with E-state index in [1.807, 2.05) is 61.5 Å². The van der Waals surface area contributed by atoms with Gasteiger partial charge in [0.1, 0.15) is 5.75 Å². The molecule has 0 saturated carbocycles. The van der Waals surface area contributed by atoms with Crippen LogP contribution in [0.4, 0.5) is 10.5 Å². The first kappa shape index (κ1) is 20.1. The molecule has 3 aromatic carbocycles. The largest absolute Gasteiger partial charge is 0.494 e. The van der Waals surface area contributed by atoms with Crippen molar-refractivity contribution < 1.29 is 9.53 Å². The number of hydrogen-bond donors (Lipinski definition) is 2. The minimum absolute atomic E-state index is 0.381. The van der Waals surface area contributed by atoms with Crippen molar-refractivity contribution >= 4 is 17.9 Å². The zero-order chi connectivity index (χ0) is 20.3. The molecule has 0 aliphatic rings. The number of nitrogens with zero attached hydrogens (tertiary/aromatic N) is 1. The van der Waals surface area contributed by atoms with Crippen LogP contribution in [0.1, 0.15) is 23.1 Å². The molecule has 3 aromatic rings. The molecule has 0 radical (unpaired) electrons. The maximum atomic E-state index is 11.9. The summed E-state index contributed by atoms with van der Waals surface area (Å²) in [5.74, 6) is 0.820. The number of hydrazone groups is 1. The third-order valence-electron chi connectivity index (χ3n) is 4.37. The number of rotatable bonds is 8. The van der Waals surface area contributed by atoms with Crippen molar-refractivity contribution in [3.05, 3.63) is 95.6 Å². The Kier molecular flexibility index (Phi) is 7.41. The number of aryl methyl sites for hydroxylation is 2. The Balaban J connectivity index is 1.39. The normalized spacial score (nSPS) is 10.7. The SMILES string of the molecule is Cc1ccccc1NC(=O)N/N=C\c1ccc(OCCCc2ccccc2)cc1. The zero-order valence-corrected chi connectivity index (χ0v) is 16.5. The van der Waals surface area contributed by atoms with E-state index in [1.54, 1.807) is 6.21 Å². The fourth-order valence-corrected chi connectivity index (χ4v) is 2.79. The summed E-state index contributed by atoms with van der Waals surface area (Å²) in [5, 5.41) is 6.74. The number of anilines is 1. The van der Waals surface area contributed by atoms with Crippen LogP contribution in [-0.4, -0.2) is 18.9 Å². The predicted molar refractivity (Wildman–Crippen MR) is 118 cm³/mol. The van der Waals surface area contributed by atoms with Crippen LogP contribution in [0.2, 0.25) is 0 Å². The Bertz CT molecular complexity index is 938. The second kappa shape index (κ2) is 10.7. The molecule has 0 unspecified atom stereocenters. The van der Waals surface area contributed by atoms with Gasteiger partial charge >= 0.3 is 6.03 Å². The highest BCUT2D eigenvalue weighted by Gasteiger charge is 2.02. The van der Waals surface area contributed by atoms with E-state index in [4.69, 9.17) is 4.74 Å². The summed E-state index contributed by atoms with van der Waals surface area (Å²) in [7, 11) is 0. The van der Waals surface area contributed by atoms with Crippen LogP contribution in [0.15, 0.2) is 84.0 Å². The second-order valence-corrected chi connectivity index (χ2v) is 6.65. The number of benzene rings is 3. The average Bonchev–Trinajstić information content (AvgIpc) is 2.75. The molecule has 29 heavy (non-hydrogen) atoms. The molecule has 5 heteroatoms. The molecule has 0 heterocycles. The van der Waals surface area contributed by atoms with Crippen molar-refractivity contribution in [2.45, 2.75) is 19.8 Å². The van der Waals surface area contributed by atoms with Crippen molar-refractivity contribution in [3.8, 4) is 5.75 Å². The maximum absolute atomic E-state index is 11.9. The Morgan fingerprint density at radius 3 is 2.45 bits per heavy atom. The molecule has 0 saturated heterocycles. The van der Waals surface area contributed by atoms with Gasteiger partial charge in [0, 0.05) is 5.69 Å². The van der Waals surface area contributed by atoms with Crippen LogP contribution >= 0.6 is 0 Å². The fourth-order valence-electron chi connectivity index (χ4n) is 2.79. The monoisotopic (exact) mass is 387 g/mol. The summed E-state index contributed by atoms with van der Waals surface area (Å²) in [6.45, 7) is 2.60. The number of carbonyl (C=O) groups excluding carboxylic acids is 1. The van der Waals surface area contributed by atoms with Crippen molar-refractivity contribution in [1.29, 1.82) is 0 Å². The van der Waals surface area contributed by atoms with Gasteiger partial charge in [0.05, 0.1) is 12.8 Å². The van der Waals surface area contributed by atoms with Gasteiger partial charge in [0.25, 0.3) is 0 Å². The van der Waals surface area contributed by atoms with E-state index in [-0.39, 0.29) is 6.03 Å². The van der Waals surface area contributed by atoms with Gasteiger partial charge in [-0.2, -0.15) is 5.10 Å². The first-order chi connectivity index (χ1) is 14.2. The van der Waals surface area contributed by atoms with Crippen LogP contribution in [0.5, 0.6) is 5.75 Å². The molecule has 0 aliphatic carbocycles. The van der Waals surface area contributed by atoms with Crippen LogP contribution in [0, 0.1) is 6.92 Å². The number of urea groups is 1. The van der Waals surface area contributed by atoms with Gasteiger partial charge in [-0.05, 0) is 66.8 Å². The highest BCUT2D eigenvalue weighted by Crippen LogP contribution is 2.13. The number of amides is 2. The van der Waals surface area contributed by atoms with E-state index in [1.165, 1.54) is 5.56 Å². The third kappa shape index (κ3) is 6.81. The summed E-state index contributed by atoms with van der Waals surface area (Å²) in [5.41, 5.74) is 6.41. The van der Waals surface area contributed by atoms with Crippen LogP contribution in [-0.2, 0) is 6.42 Å². The van der Waals surface area contributed by atoms with Gasteiger partial charge in [-0.1, -0.05) is 48.5 Å². The van der Waals surface area contributed by atoms with Crippen molar-refractivity contribution in [3.63, 3.8) is 0 Å². The van der Waals surface area contributed by atoms with Gasteiger partial charge in [0.2, 0.25) is 0 Å². The van der Waals surface area contributed by atoms with Gasteiger partial charge in [-0.15, -0.1) is 0 Å². The number of para-hydroxylation sites is 1. The summed E-state index contributed by atoms with van der Waals surface area (Å²) < 4.78 is 5.78. The maximum Gasteiger partial charge on any atom is 0.339 e. The molecule has 5 nitrogen and oxygen atoms in total. The van der Waals surface area contributed by atoms with E-state index in [0.29, 0.717) is 6.61 Å². The molecular formula is C24H25N3O2. The first-order valence-corrected chi connectivity index (χ1v) is 9.63. The molecule has 148 valence electrons. The lowest BCUT2D eigenvalue weighted by molar-refractivity contribution is 0.252. The average molecular weight is 387 g/mol. The van der Waals surface area contributed by atoms with E-state index in [9.17, 15) is 4.79 Å². The van der Waals surface area contributed by atoms with Crippen molar-refractivity contribution in [2.75, 3.05) is 11.9 Å². The Hall–Kier alpha value is -3.60. The summed E-state index contributed by atoms with van der Waals surface area (Å²) >= 11 is 0. The predicted octanol–water partition coefficient (Wildman–Crippen LogP) is 5.16. The zero-order valence-electron chi connectivity index (χ0n) is 16.5. The summed E-state index contributed by atoms with van der Waals surface area (Å²) in [6.07, 6.45) is 3.56. The number of carbonyl (C=O) groups is 1. The molecule has 3 rings (SSSR count). The minimum atomic E-state index is -0.381. The highest BCUT2D eigenvalue weighted by atomic mass is 16.5. The quantitative estimate of drug-likeness (QED) is 0.318. The van der Waals surface area contributed by atoms with Crippen molar-refractivity contribution in [1.82, 2.24) is 5.43 Å². The fraction of sp³-hybridized carbons (Fsp3) is 0.167. The Morgan fingerprint density at radius 1 is 0.966 bits per heavy atom. The first-order valence-electron chi connectivity index (χ1n) is 9.63. The molecule has 0 bridgehead atoms. The summed E-state index contributed by atoms with van der Waals surface area (Å²) in [4.78, 5) is 11.9. The summed E-state index contributed by atoms with van der Waals surface area (Å²) in [6, 6.07) is 25.2. The molecule has 0 fully saturated rings. The van der Waals surface area contributed by atoms with E-state index in [0.717, 1.165) is 35.4 Å². The highest BCUT2D eigenvalue weighted by molar-refractivity contribution is 5.91. The standard InChI is InChI=1S/C24H25N3O2/c1-19-8-5-6-12-23(19)26-24(28)27-25-18-21-13-15-22(16-14-21)29-17-7-11-20-9-3-2-4-10-20/h2-6,8-10,12-16,18H,7,11,17H2,1H3,(H2,26,27,28)/b25-18-. The van der Waals surface area contributed by atoms with Crippen LogP contribution < -0.4 is 15.5 Å². The number of ether oxygens (including phenoxy) is 1. The molecule has 0 atom stereocenters. The van der Waals surface area contributed by atoms with Crippen LogP contribution in [0.3, 0.4) is 0 Å². The topological polar surface area (TPSA) is 62.7 Å². The lowest BCUT2D eigenvalue weighted by Crippen LogP contribution is -2.24. The number of hydrogen-bond acceptors (Lipinski definition) is 3. The lowest BCUT2D eigenvalue weighted by atomic mass is 10.1. The second-order valence-electron chi connectivity index (χ2n) is 6.65. The van der Waals surface area contributed by atoms with E-state index >= 15 is 0 Å². The van der Waals surface area contributed by atoms with Gasteiger partial charge in [-0.3, -0.25) is 0 Å². The molecular weight excluding hydrogens is 362 g/mol. The molecule has 0 aliphatic heterocycles. The Labute approximate surface area is 171 Å². The van der Waals surface area contributed by atoms with Gasteiger partial charge in [0.15, 0.2) is 0 Å². The number of nitrogens with one attached hydrogen (secondary N) is 2. The van der Waals surface area contributed by atoms with Gasteiger partial charge in [-0.25, -0.2) is 10.2 Å². The van der Waals surface area contributed by atoms with E-state index < -0.39 is 0 Å². The molecule has 0 spiro atoms. The lowest BCUT2D eigenvalue weighted by Gasteiger charge is -2.07. The van der Waals surface area contributed by atoms with Crippen molar-refractivity contribution in [2.24, 2.45) is 5.10 Å².